The summed E-state index contributed by atoms with van der Waals surface area (Å²) in [6.45, 7) is 0. The third-order valence-corrected chi connectivity index (χ3v) is 1.76. The van der Waals surface area contributed by atoms with Gasteiger partial charge in [0.25, 0.3) is 0 Å². The average Bonchev–Trinajstić information content (AvgIpc) is 1.94. The number of hydrogen-bond donors (Lipinski definition) is 1. The summed E-state index contributed by atoms with van der Waals surface area (Å²) >= 11 is 10.2. The first-order chi connectivity index (χ1) is 5.59. The van der Waals surface area contributed by atoms with Crippen LogP contribution in [0.2, 0.25) is 5.02 Å². The van der Waals surface area contributed by atoms with Crippen LogP contribution in [-0.2, 0) is 6.42 Å². The first-order valence-corrected chi connectivity index (χ1v) is 4.10. The number of thiocarbonyl (C=S) groups is 1. The van der Waals surface area contributed by atoms with E-state index in [0.717, 1.165) is 0 Å². The van der Waals surface area contributed by atoms with Crippen molar-refractivity contribution in [2.24, 2.45) is 5.73 Å². The van der Waals surface area contributed by atoms with Crippen molar-refractivity contribution in [2.75, 3.05) is 0 Å². The molecule has 0 saturated heterocycles. The van der Waals surface area contributed by atoms with Crippen molar-refractivity contribution in [1.82, 2.24) is 0 Å². The molecule has 0 aliphatic rings. The average molecular weight is 204 g/mol. The van der Waals surface area contributed by atoms with Gasteiger partial charge in [0.15, 0.2) is 0 Å². The Hall–Kier alpha value is -0.670. The molecule has 1 nitrogen and oxygen atoms in total. The molecule has 0 spiro atoms. The Morgan fingerprint density at radius 1 is 1.58 bits per heavy atom. The minimum absolute atomic E-state index is 0.274. The van der Waals surface area contributed by atoms with Crippen molar-refractivity contribution in [2.45, 2.75) is 6.42 Å². The molecule has 2 N–H and O–H groups in total. The van der Waals surface area contributed by atoms with Gasteiger partial charge in [0, 0.05) is 11.4 Å². The SMILES string of the molecule is NC(=S)Cc1ccc(Cl)cc1F. The predicted octanol–water partition coefficient (Wildman–Crippen LogP) is 2.31. The monoisotopic (exact) mass is 203 g/mol. The second-order valence-corrected chi connectivity index (χ2v) is 3.34. The molecule has 0 atom stereocenters. The Bertz CT molecular complexity index is 314. The number of halogens is 2. The minimum atomic E-state index is -0.365. The van der Waals surface area contributed by atoms with Gasteiger partial charge in [-0.3, -0.25) is 0 Å². The predicted molar refractivity (Wildman–Crippen MR) is 51.9 cm³/mol. The van der Waals surface area contributed by atoms with E-state index in [1.165, 1.54) is 6.07 Å². The molecule has 0 amide bonds. The van der Waals surface area contributed by atoms with Crippen LogP contribution in [-0.4, -0.2) is 4.99 Å². The molecule has 0 unspecified atom stereocenters. The second kappa shape index (κ2) is 3.83. The molecule has 0 aliphatic heterocycles. The molecule has 64 valence electrons. The van der Waals surface area contributed by atoms with Gasteiger partial charge in [-0.05, 0) is 17.7 Å². The summed E-state index contributed by atoms with van der Waals surface area (Å²) in [6, 6.07) is 4.43. The van der Waals surface area contributed by atoms with Gasteiger partial charge in [-0.15, -0.1) is 0 Å². The molecular formula is C8H7ClFNS. The van der Waals surface area contributed by atoms with Gasteiger partial charge in [0.1, 0.15) is 5.82 Å². The number of hydrogen-bond acceptors (Lipinski definition) is 1. The topological polar surface area (TPSA) is 26.0 Å². The maximum Gasteiger partial charge on any atom is 0.128 e. The molecular weight excluding hydrogens is 197 g/mol. The molecule has 0 heterocycles. The van der Waals surface area contributed by atoms with Gasteiger partial charge >= 0.3 is 0 Å². The highest BCUT2D eigenvalue weighted by Gasteiger charge is 2.03. The Kier molecular flexibility index (Phi) is 3.00. The first kappa shape index (κ1) is 9.42. The second-order valence-electron chi connectivity index (χ2n) is 2.38. The van der Waals surface area contributed by atoms with E-state index < -0.39 is 0 Å². The van der Waals surface area contributed by atoms with E-state index >= 15 is 0 Å². The lowest BCUT2D eigenvalue weighted by molar-refractivity contribution is 0.616. The first-order valence-electron chi connectivity index (χ1n) is 3.32. The van der Waals surface area contributed by atoms with Gasteiger partial charge in [-0.2, -0.15) is 0 Å². The van der Waals surface area contributed by atoms with Crippen LogP contribution in [0.1, 0.15) is 5.56 Å². The smallest absolute Gasteiger partial charge is 0.128 e. The van der Waals surface area contributed by atoms with Crippen molar-refractivity contribution in [3.63, 3.8) is 0 Å². The largest absolute Gasteiger partial charge is 0.393 e. The van der Waals surface area contributed by atoms with E-state index in [9.17, 15) is 4.39 Å². The van der Waals surface area contributed by atoms with Crippen LogP contribution in [0.3, 0.4) is 0 Å². The minimum Gasteiger partial charge on any atom is -0.393 e. The molecule has 0 fully saturated rings. The van der Waals surface area contributed by atoms with Crippen LogP contribution in [0.4, 0.5) is 4.39 Å². The zero-order valence-corrected chi connectivity index (χ0v) is 7.75. The van der Waals surface area contributed by atoms with E-state index in [-0.39, 0.29) is 17.2 Å². The van der Waals surface area contributed by atoms with Crippen LogP contribution in [0.15, 0.2) is 18.2 Å². The maximum atomic E-state index is 13.0. The quantitative estimate of drug-likeness (QED) is 0.747. The molecule has 0 radical (unpaired) electrons. The zero-order chi connectivity index (χ0) is 9.14. The summed E-state index contributed by atoms with van der Waals surface area (Å²) in [6.07, 6.45) is 0.276. The fraction of sp³-hybridized carbons (Fsp3) is 0.125. The summed E-state index contributed by atoms with van der Waals surface area (Å²) in [4.78, 5) is 0.274. The fourth-order valence-corrected chi connectivity index (χ4v) is 1.17. The Morgan fingerprint density at radius 2 is 2.25 bits per heavy atom. The van der Waals surface area contributed by atoms with E-state index in [2.05, 4.69) is 12.2 Å². The zero-order valence-electron chi connectivity index (χ0n) is 6.18. The van der Waals surface area contributed by atoms with Crippen molar-refractivity contribution >= 4 is 28.8 Å². The number of nitrogens with two attached hydrogens (primary N) is 1. The van der Waals surface area contributed by atoms with Crippen molar-refractivity contribution < 1.29 is 4.39 Å². The Balaban J connectivity index is 2.93. The maximum absolute atomic E-state index is 13.0. The third kappa shape index (κ3) is 2.43. The summed E-state index contributed by atoms with van der Waals surface area (Å²) in [5.41, 5.74) is 5.74. The molecule has 0 aliphatic carbocycles. The van der Waals surface area contributed by atoms with E-state index in [1.807, 2.05) is 0 Å². The van der Waals surface area contributed by atoms with Crippen molar-refractivity contribution in [1.29, 1.82) is 0 Å². The molecule has 0 saturated carbocycles. The molecule has 1 aromatic rings. The van der Waals surface area contributed by atoms with E-state index in [4.69, 9.17) is 17.3 Å². The van der Waals surface area contributed by atoms with Gasteiger partial charge in [-0.25, -0.2) is 4.39 Å². The summed E-state index contributed by atoms with van der Waals surface area (Å²) in [5.74, 6) is -0.365. The van der Waals surface area contributed by atoms with Crippen molar-refractivity contribution in [3.05, 3.63) is 34.6 Å². The lowest BCUT2D eigenvalue weighted by atomic mass is 10.1. The Labute approximate surface area is 80.3 Å². The van der Waals surface area contributed by atoms with Crippen LogP contribution < -0.4 is 5.73 Å². The highest BCUT2D eigenvalue weighted by Crippen LogP contribution is 2.14. The molecule has 0 aromatic heterocycles. The summed E-state index contributed by atoms with van der Waals surface area (Å²) in [5, 5.41) is 0.374. The lowest BCUT2D eigenvalue weighted by Crippen LogP contribution is -2.11. The standard InChI is InChI=1S/C8H7ClFNS/c9-6-2-1-5(3-8(11)12)7(10)4-6/h1-2,4H,3H2,(H2,11,12). The molecule has 1 rings (SSSR count). The van der Waals surface area contributed by atoms with Gasteiger partial charge < -0.3 is 5.73 Å². The van der Waals surface area contributed by atoms with Crippen LogP contribution in [0, 0.1) is 5.82 Å². The summed E-state index contributed by atoms with van der Waals surface area (Å²) < 4.78 is 13.0. The number of rotatable bonds is 2. The highest BCUT2D eigenvalue weighted by molar-refractivity contribution is 7.80. The molecule has 0 bridgehead atoms. The number of benzene rings is 1. The van der Waals surface area contributed by atoms with E-state index in [1.54, 1.807) is 12.1 Å². The highest BCUT2D eigenvalue weighted by atomic mass is 35.5. The molecule has 12 heavy (non-hydrogen) atoms. The Morgan fingerprint density at radius 3 is 2.75 bits per heavy atom. The van der Waals surface area contributed by atoms with Crippen LogP contribution in [0.5, 0.6) is 0 Å². The normalized spacial score (nSPS) is 9.83. The van der Waals surface area contributed by atoms with Gasteiger partial charge in [0.05, 0.1) is 4.99 Å². The van der Waals surface area contributed by atoms with Crippen LogP contribution in [0.25, 0.3) is 0 Å². The molecule has 1 aromatic carbocycles. The third-order valence-electron chi connectivity index (χ3n) is 1.38. The van der Waals surface area contributed by atoms with E-state index in [0.29, 0.717) is 10.6 Å². The fourth-order valence-electron chi connectivity index (χ4n) is 0.853. The van der Waals surface area contributed by atoms with Gasteiger partial charge in [0.2, 0.25) is 0 Å². The van der Waals surface area contributed by atoms with Gasteiger partial charge in [-0.1, -0.05) is 29.9 Å². The van der Waals surface area contributed by atoms with Crippen LogP contribution >= 0.6 is 23.8 Å². The lowest BCUT2D eigenvalue weighted by Gasteiger charge is -2.00. The van der Waals surface area contributed by atoms with Crippen molar-refractivity contribution in [3.8, 4) is 0 Å². The molecule has 4 heteroatoms. The summed E-state index contributed by atoms with van der Waals surface area (Å²) in [7, 11) is 0.